The van der Waals surface area contributed by atoms with Crippen molar-refractivity contribution in [1.82, 2.24) is 5.32 Å². The smallest absolute Gasteiger partial charge is 0.220 e. The lowest BCUT2D eigenvalue weighted by Gasteiger charge is -2.22. The molecule has 53 heavy (non-hydrogen) atoms. The number of hydrogen-bond acceptors (Lipinski definition) is 3. The fourth-order valence-corrected chi connectivity index (χ4v) is 8.07. The molecule has 4 heteroatoms. The molecule has 0 aliphatic rings. The topological polar surface area (TPSA) is 69.6 Å². The summed E-state index contributed by atoms with van der Waals surface area (Å²) in [6.07, 6.45) is 56.3. The number of carbonyl (C=O) groups is 1. The molecule has 0 radical (unpaired) electrons. The zero-order valence-corrected chi connectivity index (χ0v) is 36.6. The third kappa shape index (κ3) is 42.4. The molecule has 0 aromatic heterocycles. The Labute approximate surface area is 334 Å². The highest BCUT2D eigenvalue weighted by molar-refractivity contribution is 5.76. The van der Waals surface area contributed by atoms with Gasteiger partial charge >= 0.3 is 0 Å². The van der Waals surface area contributed by atoms with Crippen LogP contribution in [0.5, 0.6) is 0 Å². The Morgan fingerprint density at radius 1 is 0.377 bits per heavy atom. The van der Waals surface area contributed by atoms with Gasteiger partial charge in [-0.25, -0.2) is 0 Å². The van der Waals surface area contributed by atoms with Crippen LogP contribution in [0.4, 0.5) is 0 Å². The molecule has 0 aliphatic heterocycles. The summed E-state index contributed by atoms with van der Waals surface area (Å²) in [4.78, 5) is 12.4. The minimum absolute atomic E-state index is 0.0238. The van der Waals surface area contributed by atoms with Gasteiger partial charge in [0, 0.05) is 6.42 Å². The quantitative estimate of drug-likeness (QED) is 0.0543. The molecule has 1 amide bonds. The minimum Gasteiger partial charge on any atom is -0.394 e. The normalized spacial score (nSPS) is 12.8. The van der Waals surface area contributed by atoms with Crippen LogP contribution < -0.4 is 5.32 Å². The van der Waals surface area contributed by atoms with Crippen LogP contribution in [0, 0.1) is 0 Å². The lowest BCUT2D eigenvalue weighted by atomic mass is 10.0. The van der Waals surface area contributed by atoms with Crippen LogP contribution in [-0.4, -0.2) is 34.9 Å². The Bertz CT molecular complexity index is 685. The lowest BCUT2D eigenvalue weighted by molar-refractivity contribution is -0.123. The van der Waals surface area contributed by atoms with Gasteiger partial charge in [0.1, 0.15) is 0 Å². The summed E-state index contributed by atoms with van der Waals surface area (Å²) in [7, 11) is 0. The highest BCUT2D eigenvalue weighted by Crippen LogP contribution is 2.18. The van der Waals surface area contributed by atoms with E-state index in [1.807, 2.05) is 0 Å². The maximum Gasteiger partial charge on any atom is 0.220 e. The summed E-state index contributed by atoms with van der Waals surface area (Å²) in [6.45, 7) is 4.39. The number of unbranched alkanes of at least 4 members (excludes halogenated alkanes) is 39. The molecule has 0 saturated heterocycles. The van der Waals surface area contributed by atoms with Crippen molar-refractivity contribution in [1.29, 1.82) is 0 Å². The average Bonchev–Trinajstić information content (AvgIpc) is 3.16. The molecular weight excluding hydrogens is 651 g/mol. The number of aliphatic hydroxyl groups is 2. The third-order valence-electron chi connectivity index (χ3n) is 11.9. The number of rotatable bonds is 46. The molecule has 0 spiro atoms. The first-order valence-electron chi connectivity index (χ1n) is 24.7. The number of nitrogens with one attached hydrogen (secondary N) is 1. The van der Waals surface area contributed by atoms with Crippen LogP contribution in [0.3, 0.4) is 0 Å². The number of carbonyl (C=O) groups excluding carboxylic acids is 1. The van der Waals surface area contributed by atoms with Crippen molar-refractivity contribution in [3.05, 3.63) is 0 Å². The van der Waals surface area contributed by atoms with E-state index in [2.05, 4.69) is 19.2 Å². The summed E-state index contributed by atoms with van der Waals surface area (Å²) in [5.74, 6) is -0.0238. The van der Waals surface area contributed by atoms with Crippen LogP contribution in [0.15, 0.2) is 0 Å². The van der Waals surface area contributed by atoms with E-state index in [1.54, 1.807) is 0 Å². The van der Waals surface area contributed by atoms with E-state index in [-0.39, 0.29) is 12.5 Å². The van der Waals surface area contributed by atoms with Gasteiger partial charge in [0.25, 0.3) is 0 Å². The molecule has 3 N–H and O–H groups in total. The Morgan fingerprint density at radius 2 is 0.604 bits per heavy atom. The van der Waals surface area contributed by atoms with E-state index in [4.69, 9.17) is 0 Å². The van der Waals surface area contributed by atoms with Gasteiger partial charge in [-0.05, 0) is 12.8 Å². The predicted octanol–water partition coefficient (Wildman–Crippen LogP) is 15.6. The van der Waals surface area contributed by atoms with Gasteiger partial charge in [0.2, 0.25) is 5.91 Å². The molecule has 0 rings (SSSR count). The lowest BCUT2D eigenvalue weighted by Crippen LogP contribution is -2.45. The van der Waals surface area contributed by atoms with Crippen molar-refractivity contribution >= 4 is 5.91 Å². The summed E-state index contributed by atoms with van der Waals surface area (Å²) in [6, 6.07) is -0.530. The Morgan fingerprint density at radius 3 is 0.849 bits per heavy atom. The first-order chi connectivity index (χ1) is 26.2. The molecule has 318 valence electrons. The number of aliphatic hydroxyl groups excluding tert-OH is 2. The maximum absolute atomic E-state index is 12.4. The van der Waals surface area contributed by atoms with Crippen LogP contribution in [0.2, 0.25) is 0 Å². The predicted molar refractivity (Wildman–Crippen MR) is 235 cm³/mol. The van der Waals surface area contributed by atoms with Crippen molar-refractivity contribution < 1.29 is 15.0 Å². The fraction of sp³-hybridized carbons (Fsp3) is 0.980. The number of hydrogen-bond donors (Lipinski definition) is 3. The summed E-state index contributed by atoms with van der Waals surface area (Å²) in [5.41, 5.74) is 0. The van der Waals surface area contributed by atoms with E-state index >= 15 is 0 Å². The van der Waals surface area contributed by atoms with Gasteiger partial charge in [-0.3, -0.25) is 4.79 Å². The van der Waals surface area contributed by atoms with Gasteiger partial charge < -0.3 is 15.5 Å². The largest absolute Gasteiger partial charge is 0.394 e. The standard InChI is InChI=1S/C49H99NO3/c1-3-5-7-9-11-13-15-17-19-21-22-23-24-25-26-27-29-31-33-35-37-39-41-43-45-49(53)50-47(46-51)48(52)44-42-40-38-36-34-32-30-28-20-18-16-14-12-10-8-6-4-2/h47-48,51-52H,3-46H2,1-2H3,(H,50,53). The highest BCUT2D eigenvalue weighted by atomic mass is 16.3. The SMILES string of the molecule is CCCCCCCCCCCCCCCCCCCCCCCCCCC(=O)NC(CO)C(O)CCCCCCCCCCCCCCCCCCC. The molecule has 0 aromatic carbocycles. The van der Waals surface area contributed by atoms with Crippen LogP contribution >= 0.6 is 0 Å². The summed E-state index contributed by atoms with van der Waals surface area (Å²) < 4.78 is 0. The second kappa shape index (κ2) is 45.8. The molecule has 0 bridgehead atoms. The molecular formula is C49H99NO3. The molecule has 0 heterocycles. The Hall–Kier alpha value is -0.610. The van der Waals surface area contributed by atoms with Crippen molar-refractivity contribution in [2.45, 2.75) is 302 Å². The molecule has 2 atom stereocenters. The van der Waals surface area contributed by atoms with Crippen LogP contribution in [0.25, 0.3) is 0 Å². The van der Waals surface area contributed by atoms with Crippen molar-refractivity contribution in [3.8, 4) is 0 Å². The molecule has 0 aliphatic carbocycles. The third-order valence-corrected chi connectivity index (χ3v) is 11.9. The van der Waals surface area contributed by atoms with Gasteiger partial charge in [-0.15, -0.1) is 0 Å². The van der Waals surface area contributed by atoms with E-state index in [0.717, 1.165) is 25.7 Å². The van der Waals surface area contributed by atoms with Crippen molar-refractivity contribution in [2.75, 3.05) is 6.61 Å². The first-order valence-corrected chi connectivity index (χ1v) is 24.7. The average molecular weight is 750 g/mol. The van der Waals surface area contributed by atoms with Crippen LogP contribution in [0.1, 0.15) is 290 Å². The zero-order valence-electron chi connectivity index (χ0n) is 36.6. The fourth-order valence-electron chi connectivity index (χ4n) is 8.07. The minimum atomic E-state index is -0.653. The van der Waals surface area contributed by atoms with Crippen molar-refractivity contribution in [3.63, 3.8) is 0 Å². The van der Waals surface area contributed by atoms with Gasteiger partial charge in [0.05, 0.1) is 18.8 Å². The Balaban J connectivity index is 3.42. The molecule has 4 nitrogen and oxygen atoms in total. The van der Waals surface area contributed by atoms with E-state index in [9.17, 15) is 15.0 Å². The first kappa shape index (κ1) is 52.4. The van der Waals surface area contributed by atoms with Gasteiger partial charge in [-0.2, -0.15) is 0 Å². The Kier molecular flexibility index (Phi) is 45.3. The molecule has 0 aromatic rings. The monoisotopic (exact) mass is 750 g/mol. The second-order valence-electron chi connectivity index (χ2n) is 17.3. The van der Waals surface area contributed by atoms with Gasteiger partial charge in [-0.1, -0.05) is 271 Å². The summed E-state index contributed by atoms with van der Waals surface area (Å²) >= 11 is 0. The summed E-state index contributed by atoms with van der Waals surface area (Å²) in [5, 5.41) is 23.2. The molecule has 0 saturated carbocycles. The van der Waals surface area contributed by atoms with Gasteiger partial charge in [0.15, 0.2) is 0 Å². The van der Waals surface area contributed by atoms with E-state index in [0.29, 0.717) is 12.8 Å². The van der Waals surface area contributed by atoms with E-state index < -0.39 is 12.1 Å². The zero-order chi connectivity index (χ0) is 38.6. The highest BCUT2D eigenvalue weighted by Gasteiger charge is 2.20. The second-order valence-corrected chi connectivity index (χ2v) is 17.3. The van der Waals surface area contributed by atoms with Crippen LogP contribution in [-0.2, 0) is 4.79 Å². The molecule has 0 fully saturated rings. The number of amides is 1. The van der Waals surface area contributed by atoms with Crippen molar-refractivity contribution in [2.24, 2.45) is 0 Å². The molecule has 2 unspecified atom stereocenters. The van der Waals surface area contributed by atoms with E-state index in [1.165, 1.54) is 238 Å². The maximum atomic E-state index is 12.4.